The summed E-state index contributed by atoms with van der Waals surface area (Å²) in [5, 5.41) is 29.4. The van der Waals surface area contributed by atoms with Gasteiger partial charge in [-0.15, -0.1) is 5.10 Å². The third-order valence-corrected chi connectivity index (χ3v) is 8.87. The monoisotopic (exact) mass is 640 g/mol. The van der Waals surface area contributed by atoms with E-state index in [1.807, 2.05) is 56.8 Å². The van der Waals surface area contributed by atoms with Crippen LogP contribution >= 0.6 is 0 Å². The molecule has 0 aromatic carbocycles. The molecule has 0 bridgehead atoms. The van der Waals surface area contributed by atoms with Crippen LogP contribution in [0.15, 0.2) is 42.9 Å². The molecule has 2 fully saturated rings. The zero-order chi connectivity index (χ0) is 33.3. The fraction of sp³-hybridized carbons (Fsp3) is 0.485. The van der Waals surface area contributed by atoms with E-state index in [2.05, 4.69) is 32.1 Å². The van der Waals surface area contributed by atoms with Crippen molar-refractivity contribution in [1.29, 1.82) is 5.26 Å². The third kappa shape index (κ3) is 7.29. The molecule has 4 aromatic rings. The molecule has 2 amide bonds. The number of primary amides is 1. The van der Waals surface area contributed by atoms with Gasteiger partial charge in [0.25, 0.3) is 0 Å². The fourth-order valence-electron chi connectivity index (χ4n) is 6.37. The van der Waals surface area contributed by atoms with Gasteiger partial charge in [0.1, 0.15) is 23.5 Å². The van der Waals surface area contributed by atoms with Gasteiger partial charge in [-0.1, -0.05) is 5.21 Å². The van der Waals surface area contributed by atoms with Gasteiger partial charge in [-0.25, -0.2) is 18.8 Å². The average molecular weight is 641 g/mol. The number of carbonyl (C=O) groups is 2. The number of hydrogen-bond donors (Lipinski definition) is 3. The Bertz CT molecular complexity index is 1810. The van der Waals surface area contributed by atoms with Gasteiger partial charge < -0.3 is 25.8 Å². The first-order valence-corrected chi connectivity index (χ1v) is 16.0. The van der Waals surface area contributed by atoms with Crippen LogP contribution in [0, 0.1) is 17.2 Å². The quantitative estimate of drug-likeness (QED) is 0.231. The third-order valence-electron chi connectivity index (χ3n) is 8.87. The Morgan fingerprint density at radius 3 is 2.55 bits per heavy atom. The van der Waals surface area contributed by atoms with Crippen molar-refractivity contribution in [2.45, 2.75) is 96.1 Å². The number of nitrogens with zero attached hydrogens (tertiary/aromatic N) is 7. The highest BCUT2D eigenvalue weighted by Gasteiger charge is 2.35. The molecule has 0 aliphatic heterocycles. The molecule has 0 saturated heterocycles. The van der Waals surface area contributed by atoms with Crippen molar-refractivity contribution >= 4 is 23.4 Å². The summed E-state index contributed by atoms with van der Waals surface area (Å²) in [5.74, 6) is 0.207. The van der Waals surface area contributed by atoms with E-state index in [0.29, 0.717) is 17.0 Å². The molecule has 2 aliphatic carbocycles. The van der Waals surface area contributed by atoms with Crippen LogP contribution in [0.25, 0.3) is 28.2 Å². The van der Waals surface area contributed by atoms with Crippen molar-refractivity contribution in [2.75, 3.05) is 5.32 Å². The van der Waals surface area contributed by atoms with Gasteiger partial charge in [0.05, 0.1) is 40.9 Å². The summed E-state index contributed by atoms with van der Waals surface area (Å²) < 4.78 is 14.3. The minimum atomic E-state index is -0.763. The predicted octanol–water partition coefficient (Wildman–Crippen LogP) is 5.21. The Morgan fingerprint density at radius 2 is 1.85 bits per heavy atom. The Morgan fingerprint density at radius 1 is 1.09 bits per heavy atom. The summed E-state index contributed by atoms with van der Waals surface area (Å²) in [7, 11) is 0. The van der Waals surface area contributed by atoms with E-state index in [1.165, 1.54) is 6.20 Å². The summed E-state index contributed by atoms with van der Waals surface area (Å²) in [6.07, 6.45) is 8.84. The summed E-state index contributed by atoms with van der Waals surface area (Å²) in [4.78, 5) is 28.3. The summed E-state index contributed by atoms with van der Waals surface area (Å²) in [5.41, 5.74) is 9.82. The molecule has 1 atom stereocenters. The number of alkyl carbamates (subject to hydrolysis) is 1. The summed E-state index contributed by atoms with van der Waals surface area (Å²) in [6, 6.07) is 10.1. The van der Waals surface area contributed by atoms with Crippen molar-refractivity contribution in [3.05, 3.63) is 48.4 Å². The van der Waals surface area contributed by atoms with Crippen LogP contribution in [-0.2, 0) is 9.47 Å². The lowest BCUT2D eigenvalue weighted by atomic mass is 9.77. The molecule has 0 radical (unpaired) electrons. The maximum atomic E-state index is 12.2. The highest BCUT2D eigenvalue weighted by Crippen LogP contribution is 2.38. The van der Waals surface area contributed by atoms with Gasteiger partial charge >= 0.3 is 12.2 Å². The molecular weight excluding hydrogens is 600 g/mol. The number of amides is 2. The minimum absolute atomic E-state index is 0.0603. The lowest BCUT2D eigenvalue weighted by molar-refractivity contribution is 0.0451. The number of nitriles is 1. The topological polar surface area (TPSA) is 187 Å². The second kappa shape index (κ2) is 12.9. The second-order valence-corrected chi connectivity index (χ2v) is 13.5. The van der Waals surface area contributed by atoms with Gasteiger partial charge in [-0.3, -0.25) is 4.98 Å². The largest absolute Gasteiger partial charge is 0.446 e. The molecule has 47 heavy (non-hydrogen) atoms. The minimum Gasteiger partial charge on any atom is -0.446 e. The van der Waals surface area contributed by atoms with E-state index in [-0.39, 0.29) is 36.2 Å². The Kier molecular flexibility index (Phi) is 8.72. The lowest BCUT2D eigenvalue weighted by Crippen LogP contribution is -2.42. The van der Waals surface area contributed by atoms with Gasteiger partial charge in [0.2, 0.25) is 0 Å². The number of nitrogens with two attached hydrogens (primary N) is 1. The van der Waals surface area contributed by atoms with Crippen LogP contribution in [-0.4, -0.2) is 65.6 Å². The second-order valence-electron chi connectivity index (χ2n) is 13.5. The smallest absolute Gasteiger partial charge is 0.407 e. The molecule has 0 spiro atoms. The van der Waals surface area contributed by atoms with E-state index in [9.17, 15) is 14.9 Å². The van der Waals surface area contributed by atoms with Crippen LogP contribution < -0.4 is 16.4 Å². The van der Waals surface area contributed by atoms with Crippen molar-refractivity contribution in [2.24, 2.45) is 11.7 Å². The molecule has 14 heteroatoms. The molecule has 6 rings (SSSR count). The maximum Gasteiger partial charge on any atom is 0.407 e. The van der Waals surface area contributed by atoms with Gasteiger partial charge in [-0.2, -0.15) is 10.4 Å². The van der Waals surface area contributed by atoms with Crippen LogP contribution in [0.5, 0.6) is 0 Å². The van der Waals surface area contributed by atoms with Gasteiger partial charge in [0, 0.05) is 29.5 Å². The number of anilines is 1. The Balaban J connectivity index is 1.20. The highest BCUT2D eigenvalue weighted by molar-refractivity contribution is 5.79. The molecular formula is C33H40N10O4. The number of fused-ring (bicyclic) bond motifs is 1. The average Bonchev–Trinajstić information content (AvgIpc) is 3.65. The highest BCUT2D eigenvalue weighted by atomic mass is 16.6. The zero-order valence-corrected chi connectivity index (χ0v) is 27.0. The van der Waals surface area contributed by atoms with E-state index in [4.69, 9.17) is 20.2 Å². The fourth-order valence-corrected chi connectivity index (χ4v) is 6.37. The molecule has 1 unspecified atom stereocenters. The maximum absolute atomic E-state index is 12.2. The predicted molar refractivity (Wildman–Crippen MR) is 173 cm³/mol. The number of pyridine rings is 1. The van der Waals surface area contributed by atoms with Crippen molar-refractivity contribution < 1.29 is 19.1 Å². The number of carbonyl (C=O) groups excluding carboxylic acids is 2. The normalized spacial score (nSPS) is 21.7. The first kappa shape index (κ1) is 31.8. The van der Waals surface area contributed by atoms with E-state index in [0.717, 1.165) is 61.0 Å². The number of hydrogen-bond acceptors (Lipinski definition) is 10. The molecule has 2 aliphatic rings. The van der Waals surface area contributed by atoms with Crippen LogP contribution in [0.3, 0.4) is 0 Å². The number of rotatable bonds is 8. The number of aromatic nitrogens is 6. The standard InChI is InChI=1S/C33H40N10O4/c1-19(46-31(35)44)21-12-23(13-21)38-27-14-28(30-10-9-25-11-20(15-34)16-37-43(25)30)36-17-26(27)29-18-42(41-40-29)24-7-5-22(6-8-24)39-32(45)47-33(2,3)4/h9-11,14,16-19,21-24H,5-8,12-13H2,1-4H3,(H2,35,44)(H,36,38)(H,39,45). The zero-order valence-electron chi connectivity index (χ0n) is 27.0. The van der Waals surface area contributed by atoms with E-state index < -0.39 is 11.7 Å². The number of ether oxygens (including phenoxy) is 2. The number of nitrogens with one attached hydrogen (secondary N) is 2. The van der Waals surface area contributed by atoms with Crippen molar-refractivity contribution in [3.63, 3.8) is 0 Å². The molecule has 4 aromatic heterocycles. The summed E-state index contributed by atoms with van der Waals surface area (Å²) >= 11 is 0. The van der Waals surface area contributed by atoms with Crippen LogP contribution in [0.2, 0.25) is 0 Å². The molecule has 4 heterocycles. The van der Waals surface area contributed by atoms with Crippen LogP contribution in [0.1, 0.15) is 77.8 Å². The van der Waals surface area contributed by atoms with Crippen LogP contribution in [0.4, 0.5) is 15.3 Å². The van der Waals surface area contributed by atoms with Crippen molar-refractivity contribution in [1.82, 2.24) is 34.9 Å². The lowest BCUT2D eigenvalue weighted by Gasteiger charge is -2.39. The Labute approximate surface area is 272 Å². The first-order chi connectivity index (χ1) is 22.5. The van der Waals surface area contributed by atoms with Gasteiger partial charge in [-0.05, 0) is 96.4 Å². The SMILES string of the molecule is CC(OC(N)=O)C1CC(Nc2cc(-c3ccc4cc(C#N)cnn34)ncc2-c2cn(C3CCC(NC(=O)OC(C)(C)C)CC3)nn2)C1. The van der Waals surface area contributed by atoms with E-state index >= 15 is 0 Å². The first-order valence-electron chi connectivity index (χ1n) is 16.0. The molecule has 2 saturated carbocycles. The molecule has 246 valence electrons. The molecule has 14 nitrogen and oxygen atoms in total. The summed E-state index contributed by atoms with van der Waals surface area (Å²) in [6.45, 7) is 7.43. The molecule has 4 N–H and O–H groups in total. The Hall–Kier alpha value is -5.19. The van der Waals surface area contributed by atoms with Gasteiger partial charge in [0.15, 0.2) is 0 Å². The van der Waals surface area contributed by atoms with Crippen molar-refractivity contribution in [3.8, 4) is 28.7 Å². The van der Waals surface area contributed by atoms with E-state index in [1.54, 1.807) is 16.8 Å².